The van der Waals surface area contributed by atoms with Crippen LogP contribution in [0.15, 0.2) is 70.5 Å². The lowest BCUT2D eigenvalue weighted by Crippen LogP contribution is -2.44. The number of fused-ring (bicyclic) bond motifs is 2. The fourth-order valence-corrected chi connectivity index (χ4v) is 9.52. The third-order valence-electron chi connectivity index (χ3n) is 12.3. The van der Waals surface area contributed by atoms with Gasteiger partial charge in [-0.15, -0.1) is 0 Å². The van der Waals surface area contributed by atoms with Gasteiger partial charge >= 0.3 is 11.7 Å². The minimum Gasteiger partial charge on any atom is -0.488 e. The molecule has 66 heavy (non-hydrogen) atoms. The van der Waals surface area contributed by atoms with Crippen LogP contribution >= 0.6 is 23.2 Å². The molecule has 9 rings (SSSR count). The van der Waals surface area contributed by atoms with Crippen LogP contribution in [0.2, 0.25) is 10.0 Å². The predicted octanol–water partition coefficient (Wildman–Crippen LogP) is 4.59. The van der Waals surface area contributed by atoms with Crippen LogP contribution < -0.4 is 35.7 Å². The lowest BCUT2D eigenvalue weighted by Gasteiger charge is -2.32. The molecule has 1 unspecified atom stereocenters. The van der Waals surface area contributed by atoms with Crippen molar-refractivity contribution in [2.24, 2.45) is 14.1 Å². The van der Waals surface area contributed by atoms with Crippen LogP contribution in [0.5, 0.6) is 17.6 Å². The molecule has 0 radical (unpaired) electrons. The molecule has 342 valence electrons. The van der Waals surface area contributed by atoms with E-state index in [4.69, 9.17) is 42.4 Å². The molecule has 6 aromatic rings. The number of methoxy groups -OCH3 is 2. The molecule has 0 spiro atoms. The number of amides is 4. The number of hydrogen-bond acceptors (Lipinski definition) is 12. The maximum absolute atomic E-state index is 14.6. The highest BCUT2D eigenvalue weighted by atomic mass is 35.5. The molecule has 3 aliphatic rings. The van der Waals surface area contributed by atoms with E-state index in [9.17, 15) is 28.8 Å². The number of carbonyl (C=O) groups is 4. The topological polar surface area (TPSA) is 207 Å². The highest BCUT2D eigenvalue weighted by molar-refractivity contribution is 6.31. The first-order valence-corrected chi connectivity index (χ1v) is 22.0. The molecule has 19 nitrogen and oxygen atoms in total. The van der Waals surface area contributed by atoms with Crippen molar-refractivity contribution in [3.63, 3.8) is 0 Å². The molecule has 4 amide bonds. The molecule has 7 heterocycles. The third-order valence-corrected chi connectivity index (χ3v) is 12.8. The summed E-state index contributed by atoms with van der Waals surface area (Å²) in [6.07, 6.45) is 4.61. The molecule has 2 fully saturated rings. The van der Waals surface area contributed by atoms with Crippen molar-refractivity contribution in [3.05, 3.63) is 109 Å². The number of imidazole rings is 2. The summed E-state index contributed by atoms with van der Waals surface area (Å²) in [5.41, 5.74) is 1.86. The zero-order valence-electron chi connectivity index (χ0n) is 36.3. The third kappa shape index (κ3) is 7.84. The quantitative estimate of drug-likeness (QED) is 0.167. The van der Waals surface area contributed by atoms with Gasteiger partial charge in [-0.3, -0.25) is 43.3 Å². The second-order valence-corrected chi connectivity index (χ2v) is 17.2. The predicted molar refractivity (Wildman–Crippen MR) is 241 cm³/mol. The molecule has 3 aliphatic heterocycles. The minimum absolute atomic E-state index is 0.0559. The molecule has 2 saturated heterocycles. The van der Waals surface area contributed by atoms with Gasteiger partial charge in [0, 0.05) is 76.8 Å². The van der Waals surface area contributed by atoms with Crippen LogP contribution in [0.1, 0.15) is 72.4 Å². The highest BCUT2D eigenvalue weighted by Gasteiger charge is 2.46. The smallest absolute Gasteiger partial charge is 0.329 e. The number of anilines is 1. The number of carbonyl (C=O) groups excluding carboxylic acids is 4. The molecule has 0 bridgehead atoms. The number of aromatic nitrogens is 7. The summed E-state index contributed by atoms with van der Waals surface area (Å²) in [5.74, 6) is -0.549. The average Bonchev–Trinajstić information content (AvgIpc) is 3.90. The van der Waals surface area contributed by atoms with E-state index in [1.807, 2.05) is 4.57 Å². The van der Waals surface area contributed by atoms with Crippen LogP contribution in [-0.4, -0.2) is 95.2 Å². The van der Waals surface area contributed by atoms with Crippen molar-refractivity contribution >= 4 is 63.6 Å². The Labute approximate surface area is 386 Å². The van der Waals surface area contributed by atoms with Crippen LogP contribution in [0.25, 0.3) is 22.4 Å². The highest BCUT2D eigenvalue weighted by Crippen LogP contribution is 2.44. The molecule has 21 heteroatoms. The lowest BCUT2D eigenvalue weighted by atomic mass is 10.0. The zero-order chi connectivity index (χ0) is 46.6. The number of rotatable bonds is 12. The van der Waals surface area contributed by atoms with Gasteiger partial charge in [0.05, 0.1) is 36.0 Å². The Morgan fingerprint density at radius 1 is 0.924 bits per heavy atom. The number of hydrogen-bond donors (Lipinski definition) is 1. The van der Waals surface area contributed by atoms with Crippen molar-refractivity contribution in [1.82, 2.24) is 43.4 Å². The summed E-state index contributed by atoms with van der Waals surface area (Å²) in [7, 11) is 6.05. The molecule has 2 atom stereocenters. The Bertz CT molecular complexity index is 3060. The second kappa shape index (κ2) is 17.8. The number of aryl methyl sites for hydroxylation is 2. The first kappa shape index (κ1) is 44.2. The summed E-state index contributed by atoms with van der Waals surface area (Å²) in [4.78, 5) is 97.0. The number of benzene rings is 2. The van der Waals surface area contributed by atoms with E-state index in [-0.39, 0.29) is 72.0 Å². The number of para-hydroxylation sites is 1. The normalized spacial score (nSPS) is 17.6. The maximum Gasteiger partial charge on any atom is 0.329 e. The van der Waals surface area contributed by atoms with Crippen LogP contribution in [0.3, 0.4) is 0 Å². The van der Waals surface area contributed by atoms with Crippen molar-refractivity contribution in [1.29, 1.82) is 0 Å². The summed E-state index contributed by atoms with van der Waals surface area (Å²) >= 11 is 12.8. The number of imide groups is 1. The van der Waals surface area contributed by atoms with E-state index in [1.54, 1.807) is 61.5 Å². The van der Waals surface area contributed by atoms with Crippen molar-refractivity contribution in [3.8, 4) is 29.0 Å². The van der Waals surface area contributed by atoms with Gasteiger partial charge in [0.15, 0.2) is 5.69 Å². The minimum atomic E-state index is -0.860. The number of nitrogens with zero attached hydrogens (tertiary/aromatic N) is 9. The van der Waals surface area contributed by atoms with E-state index < -0.39 is 35.1 Å². The molecule has 0 aliphatic carbocycles. The summed E-state index contributed by atoms with van der Waals surface area (Å²) in [6, 6.07) is 12.1. The van der Waals surface area contributed by atoms with Crippen LogP contribution in [-0.2, 0) is 35.0 Å². The maximum atomic E-state index is 14.6. The lowest BCUT2D eigenvalue weighted by molar-refractivity contribution is -0.136. The van der Waals surface area contributed by atoms with Gasteiger partial charge in [0.2, 0.25) is 23.6 Å². The van der Waals surface area contributed by atoms with Gasteiger partial charge in [-0.25, -0.2) is 14.8 Å². The van der Waals surface area contributed by atoms with Gasteiger partial charge in [-0.2, -0.15) is 4.98 Å². The molecule has 0 saturated carbocycles. The number of nitrogens with one attached hydrogen (secondary N) is 1. The number of piperidine rings is 2. The first-order valence-electron chi connectivity index (χ1n) is 21.3. The van der Waals surface area contributed by atoms with E-state index in [1.165, 1.54) is 51.3 Å². The van der Waals surface area contributed by atoms with Gasteiger partial charge in [-0.1, -0.05) is 41.4 Å². The number of pyridine rings is 1. The largest absolute Gasteiger partial charge is 0.488 e. The second-order valence-electron chi connectivity index (χ2n) is 16.3. The monoisotopic (exact) mass is 938 g/mol. The Kier molecular flexibility index (Phi) is 11.9. The van der Waals surface area contributed by atoms with Gasteiger partial charge in [0.25, 0.3) is 11.5 Å². The Morgan fingerprint density at radius 3 is 2.39 bits per heavy atom. The van der Waals surface area contributed by atoms with Gasteiger partial charge < -0.3 is 28.2 Å². The van der Waals surface area contributed by atoms with Crippen molar-refractivity contribution in [2.75, 3.05) is 32.2 Å². The fraction of sp³-hybridized carbons (Fsp3) is 0.356. The molecule has 4 aromatic heterocycles. The first-order chi connectivity index (χ1) is 31.8. The molecular weight excluding hydrogens is 895 g/mol. The Hall–Kier alpha value is -6.99. The fourth-order valence-electron chi connectivity index (χ4n) is 9.15. The Balaban J connectivity index is 0.963. The number of ether oxygens (including phenoxy) is 3. The van der Waals surface area contributed by atoms with E-state index in [0.717, 1.165) is 0 Å². The molecular formula is C45H44Cl2N10O9. The standard InChI is InChI=1S/C45H44Cl2N10O9/c1-52-23-26(47)21-31(42(52)61)57-36(24-10-12-25(46)13-11-24)38-35(43(57)62)50-39(28-22-48-44(65-4)51-41(28)64-3)55(38)18-6-9-34(59)54-19-16-27(17-20-54)66-32-8-5-7-29-37(32)53(2)45(63)56(29)30-14-15-33(58)49-40(30)60/h5,7-8,10-13,21-23,27,30,36H,6,9,14-20H2,1-4H3,(H,49,58,60)/t30?,36-/m1/s1. The van der Waals surface area contributed by atoms with Crippen molar-refractivity contribution < 1.29 is 33.4 Å². The van der Waals surface area contributed by atoms with Crippen molar-refractivity contribution in [2.45, 2.75) is 63.3 Å². The molecule has 1 N–H and O–H groups in total. The summed E-state index contributed by atoms with van der Waals surface area (Å²) in [6.45, 7) is 1.08. The van der Waals surface area contributed by atoms with E-state index >= 15 is 0 Å². The van der Waals surface area contributed by atoms with Crippen LogP contribution in [0, 0.1) is 0 Å². The van der Waals surface area contributed by atoms with Gasteiger partial charge in [-0.05, 0) is 48.7 Å². The molecule has 2 aromatic carbocycles. The van der Waals surface area contributed by atoms with E-state index in [2.05, 4.69) is 15.3 Å². The average molecular weight is 940 g/mol. The Morgan fingerprint density at radius 2 is 1.68 bits per heavy atom. The summed E-state index contributed by atoms with van der Waals surface area (Å²) < 4.78 is 23.4. The zero-order valence-corrected chi connectivity index (χ0v) is 37.8. The summed E-state index contributed by atoms with van der Waals surface area (Å²) in [5, 5.41) is 3.06. The number of likely N-dealkylation sites (tertiary alicyclic amines) is 1. The SMILES string of the molecule is COc1ncc(-c2nc3c(n2CCCC(=O)N2CCC(Oc4cccc5c4n(C)c(=O)n5C4CCC(=O)NC4=O)CC2)[C@@H](c2ccc(Cl)cc2)N(c2cc(Cl)cn(C)c2=O)C3=O)c(OC)n1. The number of halogens is 2. The van der Waals surface area contributed by atoms with Crippen LogP contribution in [0.4, 0.5) is 5.69 Å². The van der Waals surface area contributed by atoms with Gasteiger partial charge in [0.1, 0.15) is 41.0 Å². The van der Waals surface area contributed by atoms with E-state index in [0.29, 0.717) is 76.8 Å².